The molecule has 2 aliphatic rings. The fourth-order valence-electron chi connectivity index (χ4n) is 3.57. The van der Waals surface area contributed by atoms with Gasteiger partial charge in [0.2, 0.25) is 11.8 Å². The molecule has 9 nitrogen and oxygen atoms in total. The van der Waals surface area contributed by atoms with E-state index in [-0.39, 0.29) is 43.5 Å². The van der Waals surface area contributed by atoms with Crippen LogP contribution in [-0.4, -0.2) is 78.0 Å². The maximum Gasteiger partial charge on any atom is 0.315 e. The van der Waals surface area contributed by atoms with E-state index in [1.165, 1.54) is 23.3 Å². The smallest absolute Gasteiger partial charge is 0.315 e. The van der Waals surface area contributed by atoms with Crippen molar-refractivity contribution in [1.29, 1.82) is 0 Å². The zero-order valence-corrected chi connectivity index (χ0v) is 15.9. The van der Waals surface area contributed by atoms with E-state index in [2.05, 4.69) is 10.6 Å². The molecule has 152 valence electrons. The Labute approximate surface area is 159 Å². The van der Waals surface area contributed by atoms with Gasteiger partial charge in [0.25, 0.3) is 0 Å². The number of likely N-dealkylation sites (N-methyl/N-ethyl adjacent to an activating group) is 1. The van der Waals surface area contributed by atoms with Crippen molar-refractivity contribution in [2.75, 3.05) is 33.2 Å². The summed E-state index contributed by atoms with van der Waals surface area (Å²) < 4.78 is 0. The first kappa shape index (κ1) is 21.0. The van der Waals surface area contributed by atoms with Gasteiger partial charge in [0, 0.05) is 26.2 Å². The molecule has 1 aliphatic heterocycles. The lowest BCUT2D eigenvalue weighted by Gasteiger charge is -2.32. The van der Waals surface area contributed by atoms with Crippen LogP contribution >= 0.6 is 0 Å². The van der Waals surface area contributed by atoms with Crippen LogP contribution in [-0.2, 0) is 14.4 Å². The number of aliphatic carboxylic acids is 1. The van der Waals surface area contributed by atoms with Crippen molar-refractivity contribution < 1.29 is 24.3 Å². The summed E-state index contributed by atoms with van der Waals surface area (Å²) in [6.45, 7) is 0.377. The van der Waals surface area contributed by atoms with Crippen molar-refractivity contribution in [3.63, 3.8) is 0 Å². The average Bonchev–Trinajstić information content (AvgIpc) is 2.66. The molecule has 0 aromatic heterocycles. The van der Waals surface area contributed by atoms with E-state index < -0.39 is 11.9 Å². The van der Waals surface area contributed by atoms with E-state index >= 15 is 0 Å². The second kappa shape index (κ2) is 10.1. The molecular formula is C18H30N4O5. The maximum atomic E-state index is 12.3. The van der Waals surface area contributed by atoms with E-state index in [0.717, 1.165) is 25.7 Å². The highest BCUT2D eigenvalue weighted by Gasteiger charge is 2.29. The molecule has 0 bridgehead atoms. The Hall–Kier alpha value is -2.32. The van der Waals surface area contributed by atoms with Crippen LogP contribution in [0.2, 0.25) is 0 Å². The molecule has 0 aromatic rings. The number of nitrogens with zero attached hydrogens (tertiary/aromatic N) is 2. The number of carboxylic acid groups (broad SMARTS) is 1. The number of carbonyl (C=O) groups is 4. The minimum Gasteiger partial charge on any atom is -0.481 e. The lowest BCUT2D eigenvalue weighted by atomic mass is 9.96. The van der Waals surface area contributed by atoms with Crippen LogP contribution in [0.25, 0.3) is 0 Å². The Bertz CT molecular complexity index is 562. The van der Waals surface area contributed by atoms with Crippen LogP contribution < -0.4 is 10.6 Å². The monoisotopic (exact) mass is 382 g/mol. The van der Waals surface area contributed by atoms with Gasteiger partial charge in [-0.25, -0.2) is 4.79 Å². The Morgan fingerprint density at radius 1 is 1.07 bits per heavy atom. The number of nitrogens with one attached hydrogen (secondary N) is 2. The predicted octanol–water partition coefficient (Wildman–Crippen LogP) is 0.400. The minimum absolute atomic E-state index is 0.128. The first-order valence-electron chi connectivity index (χ1n) is 9.65. The molecule has 1 heterocycles. The summed E-state index contributed by atoms with van der Waals surface area (Å²) in [6.07, 6.45) is 6.53. The second-order valence-electron chi connectivity index (χ2n) is 7.43. The highest BCUT2D eigenvalue weighted by atomic mass is 16.4. The molecule has 9 heteroatoms. The third-order valence-corrected chi connectivity index (χ3v) is 5.26. The highest BCUT2D eigenvalue weighted by Crippen LogP contribution is 2.17. The number of hydrogen-bond acceptors (Lipinski definition) is 4. The molecule has 2 rings (SSSR count). The standard InChI is InChI=1S/C18H30N4O5/c1-21(12-16(24)22-9-5-6-13(11-22)17(25)26)15(23)10-19-18(27)20-14-7-3-2-4-8-14/h13-14H,2-12H2,1H3,(H,25,26)(H2,19,20,27). The number of likely N-dealkylation sites (tertiary alicyclic amines) is 1. The molecule has 0 radical (unpaired) electrons. The van der Waals surface area contributed by atoms with Crippen LogP contribution in [0.15, 0.2) is 0 Å². The molecule has 0 aromatic carbocycles. The van der Waals surface area contributed by atoms with Gasteiger partial charge in [0.1, 0.15) is 0 Å². The number of carboxylic acids is 1. The summed E-state index contributed by atoms with van der Waals surface area (Å²) in [4.78, 5) is 50.2. The van der Waals surface area contributed by atoms with Crippen molar-refractivity contribution in [1.82, 2.24) is 20.4 Å². The van der Waals surface area contributed by atoms with Crippen LogP contribution in [0.4, 0.5) is 4.79 Å². The number of carbonyl (C=O) groups excluding carboxylic acids is 3. The molecule has 1 saturated heterocycles. The van der Waals surface area contributed by atoms with Gasteiger partial charge in [-0.1, -0.05) is 19.3 Å². The highest BCUT2D eigenvalue weighted by molar-refractivity contribution is 5.88. The van der Waals surface area contributed by atoms with E-state index in [1.807, 2.05) is 0 Å². The number of hydrogen-bond donors (Lipinski definition) is 3. The van der Waals surface area contributed by atoms with Gasteiger partial charge in [-0.05, 0) is 25.7 Å². The van der Waals surface area contributed by atoms with Gasteiger partial charge in [0.05, 0.1) is 19.0 Å². The van der Waals surface area contributed by atoms with Crippen LogP contribution in [0.3, 0.4) is 0 Å². The Morgan fingerprint density at radius 3 is 2.44 bits per heavy atom. The van der Waals surface area contributed by atoms with E-state index in [9.17, 15) is 19.2 Å². The largest absolute Gasteiger partial charge is 0.481 e. The molecule has 2 fully saturated rings. The number of amides is 4. The van der Waals surface area contributed by atoms with Gasteiger partial charge in [-0.15, -0.1) is 0 Å². The first-order valence-corrected chi connectivity index (χ1v) is 9.65. The lowest BCUT2D eigenvalue weighted by Crippen LogP contribution is -2.49. The molecule has 4 amide bonds. The van der Waals surface area contributed by atoms with Crippen molar-refractivity contribution in [2.45, 2.75) is 51.0 Å². The molecule has 1 saturated carbocycles. The quantitative estimate of drug-likeness (QED) is 0.614. The molecule has 1 unspecified atom stereocenters. The summed E-state index contributed by atoms with van der Waals surface area (Å²) in [7, 11) is 1.50. The summed E-state index contributed by atoms with van der Waals surface area (Å²) >= 11 is 0. The van der Waals surface area contributed by atoms with Gasteiger partial charge in [-0.2, -0.15) is 0 Å². The van der Waals surface area contributed by atoms with Crippen LogP contribution in [0, 0.1) is 5.92 Å². The number of rotatable bonds is 6. The summed E-state index contributed by atoms with van der Waals surface area (Å²) in [6, 6.07) is -0.204. The van der Waals surface area contributed by atoms with E-state index in [0.29, 0.717) is 19.4 Å². The molecule has 27 heavy (non-hydrogen) atoms. The third-order valence-electron chi connectivity index (χ3n) is 5.26. The topological polar surface area (TPSA) is 119 Å². The Morgan fingerprint density at radius 2 is 1.78 bits per heavy atom. The van der Waals surface area contributed by atoms with Gasteiger partial charge in [0.15, 0.2) is 0 Å². The fraction of sp³-hybridized carbons (Fsp3) is 0.778. The maximum absolute atomic E-state index is 12.3. The first-order chi connectivity index (χ1) is 12.9. The van der Waals surface area contributed by atoms with Crippen molar-refractivity contribution in [3.8, 4) is 0 Å². The SMILES string of the molecule is CN(CC(=O)N1CCCC(C(=O)O)C1)C(=O)CNC(=O)NC1CCCCC1. The molecule has 1 atom stereocenters. The zero-order valence-electron chi connectivity index (χ0n) is 15.9. The minimum atomic E-state index is -0.898. The van der Waals surface area contributed by atoms with Gasteiger partial charge < -0.3 is 25.5 Å². The average molecular weight is 382 g/mol. The lowest BCUT2D eigenvalue weighted by molar-refractivity contribution is -0.147. The third kappa shape index (κ3) is 6.73. The van der Waals surface area contributed by atoms with Crippen molar-refractivity contribution in [2.24, 2.45) is 5.92 Å². The van der Waals surface area contributed by atoms with E-state index in [1.54, 1.807) is 0 Å². The number of piperidine rings is 1. The summed E-state index contributed by atoms with van der Waals surface area (Å²) in [5, 5.41) is 14.5. The molecule has 0 spiro atoms. The van der Waals surface area contributed by atoms with Crippen molar-refractivity contribution in [3.05, 3.63) is 0 Å². The summed E-state index contributed by atoms with van der Waals surface area (Å²) in [5.74, 6) is -2.09. The van der Waals surface area contributed by atoms with E-state index in [4.69, 9.17) is 5.11 Å². The number of urea groups is 1. The molecule has 1 aliphatic carbocycles. The Balaban J connectivity index is 1.70. The zero-order chi connectivity index (χ0) is 19.8. The van der Waals surface area contributed by atoms with Crippen LogP contribution in [0.1, 0.15) is 44.9 Å². The Kier molecular flexibility index (Phi) is 7.87. The normalized spacial score (nSPS) is 20.6. The van der Waals surface area contributed by atoms with Gasteiger partial charge in [-0.3, -0.25) is 14.4 Å². The predicted molar refractivity (Wildman–Crippen MR) is 98.0 cm³/mol. The fourth-order valence-corrected chi connectivity index (χ4v) is 3.57. The van der Waals surface area contributed by atoms with Crippen LogP contribution in [0.5, 0.6) is 0 Å². The summed E-state index contributed by atoms with van der Waals surface area (Å²) in [5.41, 5.74) is 0. The van der Waals surface area contributed by atoms with Crippen molar-refractivity contribution >= 4 is 23.8 Å². The van der Waals surface area contributed by atoms with Gasteiger partial charge >= 0.3 is 12.0 Å². The molecular weight excluding hydrogens is 352 g/mol. The second-order valence-corrected chi connectivity index (χ2v) is 7.43. The molecule has 3 N–H and O–H groups in total.